The van der Waals surface area contributed by atoms with E-state index in [1.165, 1.54) is 12.0 Å². The predicted molar refractivity (Wildman–Crippen MR) is 121 cm³/mol. The Hall–Kier alpha value is -1.49. The quantitative estimate of drug-likeness (QED) is 0.440. The summed E-state index contributed by atoms with van der Waals surface area (Å²) in [5.74, 6) is 0.810. The molecule has 0 aromatic heterocycles. The van der Waals surface area contributed by atoms with Crippen molar-refractivity contribution < 1.29 is 13.9 Å². The third-order valence-corrected chi connectivity index (χ3v) is 8.92. The molecule has 4 nitrogen and oxygen atoms in total. The highest BCUT2D eigenvalue weighted by atomic mass is 19.1. The number of hydrogen-bond donors (Lipinski definition) is 0. The molecule has 2 bridgehead atoms. The first kappa shape index (κ1) is 21.4. The van der Waals surface area contributed by atoms with Crippen molar-refractivity contribution in [3.8, 4) is 0 Å². The second kappa shape index (κ2) is 7.00. The minimum Gasteiger partial charge on any atom is -0.463 e. The number of allylic oxidation sites excluding steroid dienone is 2. The Morgan fingerprint density at radius 1 is 1.39 bits per heavy atom. The smallest absolute Gasteiger partial charge is 0.330 e. The van der Waals surface area contributed by atoms with Gasteiger partial charge in [0.25, 0.3) is 0 Å². The minimum atomic E-state index is -1.18. The van der Waals surface area contributed by atoms with Crippen LogP contribution in [-0.4, -0.2) is 53.0 Å². The Labute approximate surface area is 186 Å². The molecule has 3 unspecified atom stereocenters. The molecule has 31 heavy (non-hydrogen) atoms. The van der Waals surface area contributed by atoms with Crippen molar-refractivity contribution in [1.29, 1.82) is 0 Å². The van der Waals surface area contributed by atoms with Crippen LogP contribution in [0.4, 0.5) is 4.39 Å². The standard InChI is InChI=1S/C26H37FN2O2/c1-5-31-22(30)9-10-24-15-25(16-24,17-24)29-21(13-23(3,4)27)18(2)20-8-6-7-19-14-28-12-11-26(19,20)29/h7,9-10,14,18,20-21H,5-6,8,11-13,15-17H2,1-4H3/b10-9+/t18-,20?,21?,24?,25?,26?/m1/s1. The number of esters is 1. The normalized spacial score (nSPS) is 43.6. The second-order valence-electron chi connectivity index (χ2n) is 11.5. The van der Waals surface area contributed by atoms with Gasteiger partial charge in [0.05, 0.1) is 12.1 Å². The maximum Gasteiger partial charge on any atom is 0.330 e. The topological polar surface area (TPSA) is 41.9 Å². The number of carbonyl (C=O) groups excluding carboxylic acids is 1. The molecule has 0 radical (unpaired) electrons. The van der Waals surface area contributed by atoms with E-state index in [1.54, 1.807) is 19.9 Å². The third kappa shape index (κ3) is 3.09. The summed E-state index contributed by atoms with van der Waals surface area (Å²) in [6.07, 6.45) is 15.4. The first-order valence-electron chi connectivity index (χ1n) is 12.2. The third-order valence-electron chi connectivity index (χ3n) is 8.92. The Balaban J connectivity index is 1.47. The van der Waals surface area contributed by atoms with Crippen molar-refractivity contribution in [3.63, 3.8) is 0 Å². The van der Waals surface area contributed by atoms with Gasteiger partial charge in [0.15, 0.2) is 0 Å². The van der Waals surface area contributed by atoms with E-state index >= 15 is 4.39 Å². The lowest BCUT2D eigenvalue weighted by Crippen LogP contribution is -2.79. The van der Waals surface area contributed by atoms with Gasteiger partial charge in [0, 0.05) is 30.4 Å². The van der Waals surface area contributed by atoms with Crippen LogP contribution in [0.2, 0.25) is 0 Å². The molecular formula is C26H37FN2O2. The SMILES string of the molecule is CCOC(=O)/C=C/C12CC(N3C(CC(C)(C)F)[C@H](C)C4CCC=C5C=NCCC543)(C1)C2. The van der Waals surface area contributed by atoms with Crippen molar-refractivity contribution >= 4 is 12.2 Å². The highest BCUT2D eigenvalue weighted by Crippen LogP contribution is 2.75. The van der Waals surface area contributed by atoms with Crippen LogP contribution in [-0.2, 0) is 9.53 Å². The van der Waals surface area contributed by atoms with E-state index in [0.29, 0.717) is 24.9 Å². The zero-order valence-electron chi connectivity index (χ0n) is 19.5. The summed E-state index contributed by atoms with van der Waals surface area (Å²) in [6, 6.07) is 0.255. The van der Waals surface area contributed by atoms with Crippen LogP contribution in [0.25, 0.3) is 0 Å². The Bertz CT molecular complexity index is 834. The molecule has 5 heteroatoms. The van der Waals surface area contributed by atoms with Gasteiger partial charge in [0.2, 0.25) is 0 Å². The summed E-state index contributed by atoms with van der Waals surface area (Å²) in [4.78, 5) is 19.3. The van der Waals surface area contributed by atoms with Crippen molar-refractivity contribution in [2.75, 3.05) is 13.2 Å². The molecule has 4 aliphatic carbocycles. The van der Waals surface area contributed by atoms with Gasteiger partial charge in [-0.05, 0) is 88.5 Å². The summed E-state index contributed by atoms with van der Waals surface area (Å²) >= 11 is 0. The van der Waals surface area contributed by atoms with Crippen LogP contribution in [0.1, 0.15) is 72.6 Å². The number of aliphatic imine (C=N–C) groups is 1. The Morgan fingerprint density at radius 3 is 2.81 bits per heavy atom. The monoisotopic (exact) mass is 428 g/mol. The first-order chi connectivity index (χ1) is 14.6. The second-order valence-corrected chi connectivity index (χ2v) is 11.5. The van der Waals surface area contributed by atoms with Crippen LogP contribution >= 0.6 is 0 Å². The lowest BCUT2D eigenvalue weighted by molar-refractivity contribution is -0.227. The van der Waals surface area contributed by atoms with Crippen LogP contribution in [0.3, 0.4) is 0 Å². The maximum absolute atomic E-state index is 15.0. The lowest BCUT2D eigenvalue weighted by atomic mass is 9.38. The number of likely N-dealkylation sites (tertiary alicyclic amines) is 1. The van der Waals surface area contributed by atoms with Crippen molar-refractivity contribution in [2.45, 2.75) is 95.4 Å². The summed E-state index contributed by atoms with van der Waals surface area (Å²) < 4.78 is 20.1. The Kier molecular flexibility index (Phi) is 4.82. The van der Waals surface area contributed by atoms with Gasteiger partial charge < -0.3 is 4.74 Å². The molecule has 0 N–H and O–H groups in total. The number of nitrogens with zero attached hydrogens (tertiary/aromatic N) is 2. The molecule has 170 valence electrons. The van der Waals surface area contributed by atoms with Gasteiger partial charge in [-0.15, -0.1) is 0 Å². The molecule has 0 amide bonds. The van der Waals surface area contributed by atoms with Gasteiger partial charge in [-0.25, -0.2) is 9.18 Å². The molecular weight excluding hydrogens is 391 g/mol. The number of carbonyl (C=O) groups is 1. The number of hydrogen-bond acceptors (Lipinski definition) is 4. The molecule has 6 aliphatic rings. The van der Waals surface area contributed by atoms with E-state index in [9.17, 15) is 4.79 Å². The van der Waals surface area contributed by atoms with Gasteiger partial charge in [-0.2, -0.15) is 0 Å². The molecule has 0 aromatic carbocycles. The van der Waals surface area contributed by atoms with Crippen LogP contribution in [0.5, 0.6) is 0 Å². The van der Waals surface area contributed by atoms with Gasteiger partial charge >= 0.3 is 5.97 Å². The first-order valence-corrected chi connectivity index (χ1v) is 12.2. The molecule has 1 saturated heterocycles. The van der Waals surface area contributed by atoms with E-state index in [-0.39, 0.29) is 28.5 Å². The van der Waals surface area contributed by atoms with E-state index in [2.05, 4.69) is 35.2 Å². The van der Waals surface area contributed by atoms with Gasteiger partial charge in [-0.3, -0.25) is 9.89 Å². The molecule has 1 spiro atoms. The average molecular weight is 429 g/mol. The number of halogens is 1. The average Bonchev–Trinajstić information content (AvgIpc) is 2.87. The zero-order chi connectivity index (χ0) is 22.1. The summed E-state index contributed by atoms with van der Waals surface area (Å²) in [6.45, 7) is 8.96. The molecule has 3 saturated carbocycles. The molecule has 2 aliphatic heterocycles. The van der Waals surface area contributed by atoms with Crippen molar-refractivity contribution in [3.05, 3.63) is 23.8 Å². The van der Waals surface area contributed by atoms with Crippen LogP contribution in [0, 0.1) is 17.3 Å². The van der Waals surface area contributed by atoms with E-state index < -0.39 is 5.67 Å². The predicted octanol–water partition coefficient (Wildman–Crippen LogP) is 5.04. The van der Waals surface area contributed by atoms with Gasteiger partial charge in [-0.1, -0.05) is 19.1 Å². The maximum atomic E-state index is 15.0. The highest BCUT2D eigenvalue weighted by Gasteiger charge is 2.75. The van der Waals surface area contributed by atoms with Crippen molar-refractivity contribution in [2.24, 2.45) is 22.2 Å². The zero-order valence-corrected chi connectivity index (χ0v) is 19.5. The molecule has 4 atom stereocenters. The molecule has 2 heterocycles. The largest absolute Gasteiger partial charge is 0.463 e. The van der Waals surface area contributed by atoms with Crippen LogP contribution < -0.4 is 0 Å². The fourth-order valence-corrected chi connectivity index (χ4v) is 8.10. The lowest BCUT2D eigenvalue weighted by Gasteiger charge is -2.76. The van der Waals surface area contributed by atoms with Crippen LogP contribution in [0.15, 0.2) is 28.8 Å². The fraction of sp³-hybridized carbons (Fsp3) is 0.769. The van der Waals surface area contributed by atoms with E-state index in [0.717, 1.165) is 38.6 Å². The number of ether oxygens (including phenoxy) is 1. The minimum absolute atomic E-state index is 0.0206. The molecule has 6 rings (SSSR count). The summed E-state index contributed by atoms with van der Waals surface area (Å²) in [5.41, 5.74) is 0.495. The highest BCUT2D eigenvalue weighted by molar-refractivity contribution is 5.84. The van der Waals surface area contributed by atoms with Gasteiger partial charge in [0.1, 0.15) is 5.67 Å². The number of rotatable bonds is 6. The van der Waals surface area contributed by atoms with E-state index in [1.807, 2.05) is 6.92 Å². The summed E-state index contributed by atoms with van der Waals surface area (Å²) in [5, 5.41) is 0. The fourth-order valence-electron chi connectivity index (χ4n) is 8.10. The molecule has 4 fully saturated rings. The molecule has 0 aromatic rings. The number of alkyl halides is 1. The van der Waals surface area contributed by atoms with E-state index in [4.69, 9.17) is 4.74 Å². The Morgan fingerprint density at radius 2 is 2.13 bits per heavy atom. The van der Waals surface area contributed by atoms with Crippen molar-refractivity contribution in [1.82, 2.24) is 4.90 Å². The summed E-state index contributed by atoms with van der Waals surface area (Å²) in [7, 11) is 0.